The largest absolute Gasteiger partial charge is 0.436 e. The van der Waals surface area contributed by atoms with Crippen LogP contribution >= 0.6 is 11.3 Å². The molecule has 0 unspecified atom stereocenters. The quantitative estimate of drug-likeness (QED) is 0.226. The number of thiophene rings is 1. The second-order valence-corrected chi connectivity index (χ2v) is 10.6. The minimum absolute atomic E-state index is 0.637. The molecule has 6 heteroatoms. The molecule has 5 nitrogen and oxygen atoms in total. The Hall–Kier alpha value is -5.20. The smallest absolute Gasteiger partial charge is 0.227 e. The van der Waals surface area contributed by atoms with Crippen molar-refractivity contribution < 1.29 is 4.42 Å². The Morgan fingerprint density at radius 3 is 1.62 bits per heavy atom. The van der Waals surface area contributed by atoms with Crippen LogP contribution in [0.4, 0.5) is 0 Å². The Labute approximate surface area is 233 Å². The van der Waals surface area contributed by atoms with Crippen molar-refractivity contribution in [3.8, 4) is 45.6 Å². The van der Waals surface area contributed by atoms with Crippen LogP contribution in [0.1, 0.15) is 0 Å². The van der Waals surface area contributed by atoms with Gasteiger partial charge in [0, 0.05) is 48.5 Å². The highest BCUT2D eigenvalue weighted by Crippen LogP contribution is 2.39. The summed E-state index contributed by atoms with van der Waals surface area (Å²) < 4.78 is 8.44. The molecule has 0 aliphatic carbocycles. The van der Waals surface area contributed by atoms with Gasteiger partial charge in [0.05, 0.1) is 0 Å². The molecule has 8 rings (SSSR count). The molecule has 3 heterocycles. The van der Waals surface area contributed by atoms with Crippen molar-refractivity contribution in [3.05, 3.63) is 121 Å². The molecule has 0 saturated carbocycles. The molecule has 0 spiro atoms. The fraction of sp³-hybridized carbons (Fsp3) is 0. The minimum Gasteiger partial charge on any atom is -0.436 e. The Kier molecular flexibility index (Phi) is 5.24. The number of benzene rings is 5. The van der Waals surface area contributed by atoms with Gasteiger partial charge in [-0.1, -0.05) is 91.0 Å². The number of aromatic nitrogens is 4. The molecular formula is C34H20N4OS. The third kappa shape index (κ3) is 3.94. The first-order valence-corrected chi connectivity index (χ1v) is 13.8. The minimum atomic E-state index is 0.637. The summed E-state index contributed by atoms with van der Waals surface area (Å²) in [7, 11) is 0. The summed E-state index contributed by atoms with van der Waals surface area (Å²) in [6.45, 7) is 0. The van der Waals surface area contributed by atoms with Crippen LogP contribution in [0, 0.1) is 0 Å². The van der Waals surface area contributed by atoms with Gasteiger partial charge < -0.3 is 4.42 Å². The molecule has 0 bridgehead atoms. The molecule has 40 heavy (non-hydrogen) atoms. The van der Waals surface area contributed by atoms with Crippen molar-refractivity contribution in [2.45, 2.75) is 0 Å². The first-order chi connectivity index (χ1) is 19.8. The van der Waals surface area contributed by atoms with Crippen molar-refractivity contribution in [3.63, 3.8) is 0 Å². The van der Waals surface area contributed by atoms with Gasteiger partial charge in [-0.3, -0.25) is 0 Å². The van der Waals surface area contributed by atoms with Gasteiger partial charge >= 0.3 is 0 Å². The fourth-order valence-corrected chi connectivity index (χ4v) is 6.13. The first-order valence-electron chi connectivity index (χ1n) is 13.0. The lowest BCUT2D eigenvalue weighted by atomic mass is 10.1. The van der Waals surface area contributed by atoms with Crippen molar-refractivity contribution in [1.29, 1.82) is 0 Å². The summed E-state index contributed by atoms with van der Waals surface area (Å²) in [4.78, 5) is 19.4. The Bertz CT molecular complexity index is 2100. The third-order valence-corrected chi connectivity index (χ3v) is 8.08. The molecule has 5 aromatic carbocycles. The molecule has 3 aromatic heterocycles. The van der Waals surface area contributed by atoms with E-state index in [-0.39, 0.29) is 0 Å². The van der Waals surface area contributed by atoms with Crippen LogP contribution in [0.15, 0.2) is 126 Å². The molecule has 0 atom stereocenters. The maximum absolute atomic E-state index is 6.13. The highest BCUT2D eigenvalue weighted by atomic mass is 32.1. The van der Waals surface area contributed by atoms with Gasteiger partial charge in [-0.05, 0) is 24.3 Å². The van der Waals surface area contributed by atoms with Gasteiger partial charge in [-0.25, -0.2) is 19.9 Å². The van der Waals surface area contributed by atoms with Crippen LogP contribution in [0.5, 0.6) is 0 Å². The molecule has 0 N–H and O–H groups in total. The lowest BCUT2D eigenvalue weighted by Crippen LogP contribution is -1.99. The number of oxazole rings is 1. The number of fused-ring (bicyclic) bond motifs is 4. The van der Waals surface area contributed by atoms with E-state index in [2.05, 4.69) is 30.3 Å². The van der Waals surface area contributed by atoms with Crippen LogP contribution in [0.3, 0.4) is 0 Å². The molecule has 0 aliphatic heterocycles. The van der Waals surface area contributed by atoms with Crippen LogP contribution in [-0.4, -0.2) is 19.9 Å². The maximum Gasteiger partial charge on any atom is 0.227 e. The van der Waals surface area contributed by atoms with Crippen molar-refractivity contribution in [1.82, 2.24) is 19.9 Å². The molecule has 0 amide bonds. The van der Waals surface area contributed by atoms with E-state index in [0.717, 1.165) is 48.1 Å². The predicted octanol–water partition coefficient (Wildman–Crippen LogP) is 9.05. The molecule has 0 aliphatic rings. The average molecular weight is 533 g/mol. The molecular weight excluding hydrogens is 512 g/mol. The van der Waals surface area contributed by atoms with Crippen LogP contribution in [0.2, 0.25) is 0 Å². The zero-order chi connectivity index (χ0) is 26.5. The number of nitrogens with zero attached hydrogens (tertiary/aromatic N) is 4. The van der Waals surface area contributed by atoms with Crippen LogP contribution in [0.25, 0.3) is 76.9 Å². The van der Waals surface area contributed by atoms with E-state index >= 15 is 0 Å². The van der Waals surface area contributed by atoms with E-state index in [9.17, 15) is 0 Å². The van der Waals surface area contributed by atoms with E-state index in [0.29, 0.717) is 23.4 Å². The monoisotopic (exact) mass is 532 g/mol. The number of hydrogen-bond acceptors (Lipinski definition) is 6. The predicted molar refractivity (Wildman–Crippen MR) is 162 cm³/mol. The Balaban J connectivity index is 1.26. The SMILES string of the molecule is c1ccc(-c2nc(-c3ccccc3)nc(-c3ccc4c(c3)sc3cc5oc(-c6ccccc6)nc5cc34)n2)cc1. The van der Waals surface area contributed by atoms with Gasteiger partial charge in [0.1, 0.15) is 5.52 Å². The van der Waals surface area contributed by atoms with Crippen molar-refractivity contribution in [2.24, 2.45) is 0 Å². The van der Waals surface area contributed by atoms with E-state index in [4.69, 9.17) is 24.4 Å². The molecule has 0 radical (unpaired) electrons. The van der Waals surface area contributed by atoms with Gasteiger partial charge in [-0.2, -0.15) is 0 Å². The summed E-state index contributed by atoms with van der Waals surface area (Å²) >= 11 is 1.73. The maximum atomic E-state index is 6.13. The number of hydrogen-bond donors (Lipinski definition) is 0. The zero-order valence-electron chi connectivity index (χ0n) is 21.2. The van der Waals surface area contributed by atoms with Gasteiger partial charge in [0.15, 0.2) is 23.1 Å². The molecule has 0 saturated heterocycles. The summed E-state index contributed by atoms with van der Waals surface area (Å²) in [5.41, 5.74) is 5.47. The second-order valence-electron chi connectivity index (χ2n) is 9.55. The molecule has 188 valence electrons. The van der Waals surface area contributed by atoms with Gasteiger partial charge in [0.2, 0.25) is 5.89 Å². The van der Waals surface area contributed by atoms with Crippen molar-refractivity contribution in [2.75, 3.05) is 0 Å². The van der Waals surface area contributed by atoms with E-state index in [1.807, 2.05) is 91.0 Å². The highest BCUT2D eigenvalue weighted by Gasteiger charge is 2.16. The first kappa shape index (κ1) is 22.8. The fourth-order valence-electron chi connectivity index (χ4n) is 4.98. The van der Waals surface area contributed by atoms with E-state index < -0.39 is 0 Å². The van der Waals surface area contributed by atoms with Gasteiger partial charge in [0.25, 0.3) is 0 Å². The standard InChI is InChI=1S/C34H20N4OS/c1-4-10-21(11-5-1)31-36-32(22-12-6-2-7-13-22)38-33(37-31)24-16-17-25-26-19-27-28(20-30(26)40-29(25)18-24)39-34(35-27)23-14-8-3-9-15-23/h1-20H. The summed E-state index contributed by atoms with van der Waals surface area (Å²) in [6, 6.07) is 40.7. The summed E-state index contributed by atoms with van der Waals surface area (Å²) in [5, 5.41) is 2.34. The average Bonchev–Trinajstić information content (AvgIpc) is 3.61. The topological polar surface area (TPSA) is 64.7 Å². The normalized spacial score (nSPS) is 11.5. The second kappa shape index (κ2) is 9.22. The molecule has 8 aromatic rings. The van der Waals surface area contributed by atoms with Gasteiger partial charge in [-0.15, -0.1) is 11.3 Å². The number of rotatable bonds is 4. The zero-order valence-corrected chi connectivity index (χ0v) is 22.0. The third-order valence-electron chi connectivity index (χ3n) is 6.96. The lowest BCUT2D eigenvalue weighted by molar-refractivity contribution is 0.620. The summed E-state index contributed by atoms with van der Waals surface area (Å²) in [5.74, 6) is 2.59. The summed E-state index contributed by atoms with van der Waals surface area (Å²) in [6.07, 6.45) is 0. The van der Waals surface area contributed by atoms with Crippen LogP contribution in [-0.2, 0) is 0 Å². The Morgan fingerprint density at radius 1 is 0.450 bits per heavy atom. The van der Waals surface area contributed by atoms with E-state index in [1.165, 1.54) is 5.39 Å². The Morgan fingerprint density at radius 2 is 1.00 bits per heavy atom. The van der Waals surface area contributed by atoms with E-state index in [1.54, 1.807) is 11.3 Å². The lowest BCUT2D eigenvalue weighted by Gasteiger charge is -2.08. The van der Waals surface area contributed by atoms with Crippen molar-refractivity contribution >= 4 is 42.6 Å². The molecule has 0 fully saturated rings. The highest BCUT2D eigenvalue weighted by molar-refractivity contribution is 7.25. The van der Waals surface area contributed by atoms with Crippen LogP contribution < -0.4 is 0 Å².